The van der Waals surface area contributed by atoms with Gasteiger partial charge in [0, 0.05) is 4.47 Å². The lowest BCUT2D eigenvalue weighted by atomic mass is 9.88. The molecule has 0 bridgehead atoms. The Morgan fingerprint density at radius 2 is 1.15 bits per heavy atom. The van der Waals surface area contributed by atoms with Crippen molar-refractivity contribution >= 4 is 47.4 Å². The lowest BCUT2D eigenvalue weighted by molar-refractivity contribution is 0.990. The van der Waals surface area contributed by atoms with Crippen LogP contribution in [-0.4, -0.2) is 15.9 Å². The average molecular weight is 427 g/mol. The molecule has 3 aromatic rings. The molecule has 2 radical (unpaired) electrons. The van der Waals surface area contributed by atoms with Gasteiger partial charge in [-0.2, -0.15) is 0 Å². The summed E-state index contributed by atoms with van der Waals surface area (Å²) >= 11 is 3.60. The number of hydrogen-bond donors (Lipinski definition) is 0. The molecule has 3 aromatic carbocycles. The lowest BCUT2D eigenvalue weighted by Gasteiger charge is -2.37. The molecule has 0 aliphatic heterocycles. The molecule has 0 fully saturated rings. The molecular weight excluding hydrogens is 407 g/mol. The van der Waals surface area contributed by atoms with E-state index in [1.54, 1.807) is 0 Å². The van der Waals surface area contributed by atoms with Crippen molar-refractivity contribution in [2.75, 3.05) is 0 Å². The third-order valence-electron chi connectivity index (χ3n) is 5.35. The zero-order valence-electron chi connectivity index (χ0n) is 15.1. The number of halogens is 1. The molecule has 0 spiro atoms. The second-order valence-electron chi connectivity index (χ2n) is 6.92. The van der Waals surface area contributed by atoms with Crippen molar-refractivity contribution in [3.8, 4) is 0 Å². The summed E-state index contributed by atoms with van der Waals surface area (Å²) in [5.74, 6) is 0. The Morgan fingerprint density at radius 1 is 0.630 bits per heavy atom. The summed E-state index contributed by atoms with van der Waals surface area (Å²) in [7, 11) is 3.77. The van der Waals surface area contributed by atoms with E-state index in [1.165, 1.54) is 20.8 Å². The van der Waals surface area contributed by atoms with Crippen molar-refractivity contribution in [2.45, 2.75) is 12.8 Å². The van der Waals surface area contributed by atoms with Crippen LogP contribution in [0.1, 0.15) is 12.8 Å². The molecule has 4 rings (SSSR count). The van der Waals surface area contributed by atoms with Gasteiger partial charge in [0.15, 0.2) is 8.07 Å². The fraction of sp³-hybridized carbons (Fsp3) is 0.0833. The van der Waals surface area contributed by atoms with E-state index in [2.05, 4.69) is 113 Å². The van der Waals surface area contributed by atoms with Crippen molar-refractivity contribution < 1.29 is 0 Å². The first-order valence-corrected chi connectivity index (χ1v) is 12.0. The highest BCUT2D eigenvalue weighted by molar-refractivity contribution is 9.10. The van der Waals surface area contributed by atoms with E-state index in [0.717, 1.165) is 22.8 Å². The number of benzene rings is 3. The fourth-order valence-corrected chi connectivity index (χ4v) is 9.36. The molecule has 0 N–H and O–H groups in total. The predicted molar refractivity (Wildman–Crippen MR) is 123 cm³/mol. The van der Waals surface area contributed by atoms with E-state index in [0.29, 0.717) is 0 Å². The van der Waals surface area contributed by atoms with Crippen LogP contribution in [0, 0.1) is 0 Å². The quantitative estimate of drug-likeness (QED) is 0.432. The fourth-order valence-electron chi connectivity index (χ4n) is 4.10. The molecule has 0 atom stereocenters. The molecule has 0 nitrogen and oxygen atoms in total. The Labute approximate surface area is 172 Å². The highest BCUT2D eigenvalue weighted by Gasteiger charge is 2.42. The normalized spacial score (nSPS) is 14.4. The standard InChI is InChI=1S/C24H20BBrSi/c25-19-11-15-23(16-12-19)27(21-7-3-1-4-8-21,22-9-5-2-6-10-22)24-17-13-20(26)14-18-24/h1-11,13-15,17-18H,12,16H2. The number of rotatable bonds is 4. The van der Waals surface area contributed by atoms with E-state index >= 15 is 0 Å². The van der Waals surface area contributed by atoms with Crippen LogP contribution in [0.4, 0.5) is 0 Å². The summed E-state index contributed by atoms with van der Waals surface area (Å²) < 4.78 is 1.11. The molecule has 1 aliphatic rings. The van der Waals surface area contributed by atoms with Gasteiger partial charge >= 0.3 is 0 Å². The van der Waals surface area contributed by atoms with Crippen molar-refractivity contribution in [1.29, 1.82) is 0 Å². The molecule has 0 saturated heterocycles. The maximum Gasteiger partial charge on any atom is 0.175 e. The molecular formula is C24H20BBrSi. The van der Waals surface area contributed by atoms with Crippen LogP contribution in [0.2, 0.25) is 0 Å². The molecule has 3 heteroatoms. The zero-order valence-corrected chi connectivity index (χ0v) is 17.7. The molecule has 0 saturated carbocycles. The molecule has 27 heavy (non-hydrogen) atoms. The van der Waals surface area contributed by atoms with Crippen LogP contribution in [0.25, 0.3) is 0 Å². The first-order valence-electron chi connectivity index (χ1n) is 9.24. The molecule has 0 heterocycles. The number of allylic oxidation sites excluding steroid dienone is 4. The van der Waals surface area contributed by atoms with E-state index in [1.807, 2.05) is 0 Å². The van der Waals surface area contributed by atoms with E-state index in [9.17, 15) is 0 Å². The second kappa shape index (κ2) is 7.87. The Kier molecular flexibility index (Phi) is 5.33. The smallest absolute Gasteiger partial charge is 0.117 e. The van der Waals surface area contributed by atoms with Gasteiger partial charge in [-0.1, -0.05) is 106 Å². The van der Waals surface area contributed by atoms with Gasteiger partial charge in [0.05, 0.1) is 0 Å². The predicted octanol–water partition coefficient (Wildman–Crippen LogP) is 4.23. The van der Waals surface area contributed by atoms with Crippen molar-refractivity contribution in [3.63, 3.8) is 0 Å². The Bertz CT molecular complexity index is 936. The molecule has 0 unspecified atom stereocenters. The van der Waals surface area contributed by atoms with Gasteiger partial charge in [-0.3, -0.25) is 0 Å². The summed E-state index contributed by atoms with van der Waals surface area (Å²) in [6, 6.07) is 30.9. The summed E-state index contributed by atoms with van der Waals surface area (Å²) in [6.07, 6.45) is 6.32. The first-order chi connectivity index (χ1) is 13.2. The van der Waals surface area contributed by atoms with Crippen molar-refractivity contribution in [3.05, 3.63) is 112 Å². The van der Waals surface area contributed by atoms with Gasteiger partial charge in [-0.15, -0.1) is 5.47 Å². The minimum Gasteiger partial charge on any atom is -0.117 e. The topological polar surface area (TPSA) is 0 Å². The van der Waals surface area contributed by atoms with Crippen LogP contribution >= 0.6 is 15.9 Å². The average Bonchev–Trinajstić information content (AvgIpc) is 2.73. The van der Waals surface area contributed by atoms with Gasteiger partial charge < -0.3 is 0 Å². The largest absolute Gasteiger partial charge is 0.175 e. The minimum atomic E-state index is -2.34. The van der Waals surface area contributed by atoms with E-state index in [4.69, 9.17) is 7.85 Å². The highest BCUT2D eigenvalue weighted by atomic mass is 79.9. The SMILES string of the molecule is [B]C1=CC=C([Si](c2ccccc2)(c2ccccc2)c2ccc(Br)cc2)CC1. The van der Waals surface area contributed by atoms with Gasteiger partial charge in [-0.05, 0) is 40.5 Å². The third-order valence-corrected chi connectivity index (χ3v) is 10.9. The van der Waals surface area contributed by atoms with Crippen LogP contribution in [-0.2, 0) is 0 Å². The van der Waals surface area contributed by atoms with Crippen LogP contribution < -0.4 is 15.6 Å². The van der Waals surface area contributed by atoms with E-state index < -0.39 is 8.07 Å². The zero-order chi connectivity index (χ0) is 18.7. The van der Waals surface area contributed by atoms with E-state index in [-0.39, 0.29) is 0 Å². The first kappa shape index (κ1) is 18.3. The van der Waals surface area contributed by atoms with Gasteiger partial charge in [0.2, 0.25) is 0 Å². The van der Waals surface area contributed by atoms with Gasteiger partial charge in [-0.25, -0.2) is 0 Å². The van der Waals surface area contributed by atoms with Crippen LogP contribution in [0.3, 0.4) is 0 Å². The maximum atomic E-state index is 6.10. The lowest BCUT2D eigenvalue weighted by Crippen LogP contribution is -2.68. The summed E-state index contributed by atoms with van der Waals surface area (Å²) in [5.41, 5.74) is 0.971. The van der Waals surface area contributed by atoms with Gasteiger partial charge in [0.1, 0.15) is 7.85 Å². The third kappa shape index (κ3) is 3.42. The Morgan fingerprint density at radius 3 is 1.63 bits per heavy atom. The molecule has 0 aromatic heterocycles. The summed E-state index contributed by atoms with van der Waals surface area (Å²) in [4.78, 5) is 0. The summed E-state index contributed by atoms with van der Waals surface area (Å²) in [5, 5.41) is 5.75. The summed E-state index contributed by atoms with van der Waals surface area (Å²) in [6.45, 7) is 0. The Balaban J connectivity index is 2.07. The van der Waals surface area contributed by atoms with Gasteiger partial charge in [0.25, 0.3) is 0 Å². The molecule has 0 amide bonds. The molecule has 1 aliphatic carbocycles. The monoisotopic (exact) mass is 426 g/mol. The van der Waals surface area contributed by atoms with Crippen LogP contribution in [0.5, 0.6) is 0 Å². The van der Waals surface area contributed by atoms with Crippen molar-refractivity contribution in [1.82, 2.24) is 0 Å². The number of hydrogen-bond acceptors (Lipinski definition) is 0. The Hall–Kier alpha value is -2.10. The van der Waals surface area contributed by atoms with Crippen molar-refractivity contribution in [2.24, 2.45) is 0 Å². The highest BCUT2D eigenvalue weighted by Crippen LogP contribution is 2.26. The maximum absolute atomic E-state index is 6.10. The molecule has 130 valence electrons. The minimum absolute atomic E-state index is 0.927. The second-order valence-corrected chi connectivity index (χ2v) is 11.7. The van der Waals surface area contributed by atoms with Crippen LogP contribution in [0.15, 0.2) is 112 Å².